The molecule has 0 radical (unpaired) electrons. The van der Waals surface area contributed by atoms with E-state index >= 15 is 0 Å². The van der Waals surface area contributed by atoms with Crippen LogP contribution in [0.15, 0.2) is 24.3 Å². The Morgan fingerprint density at radius 3 is 2.22 bits per heavy atom. The molecular formula is C17H24N2O4. The summed E-state index contributed by atoms with van der Waals surface area (Å²) in [7, 11) is 0. The average molecular weight is 320 g/mol. The van der Waals surface area contributed by atoms with Crippen LogP contribution in [0.3, 0.4) is 0 Å². The van der Waals surface area contributed by atoms with Crippen LogP contribution in [0.2, 0.25) is 0 Å². The minimum Gasteiger partial charge on any atom is -0.453 e. The van der Waals surface area contributed by atoms with Crippen molar-refractivity contribution in [3.8, 4) is 0 Å². The first-order valence-electron chi connectivity index (χ1n) is 7.49. The third kappa shape index (κ3) is 6.10. The SMILES string of the molecule is CC(OC(=O)CCNC(=O)c1ccc(C(C)(C)C)cc1)C(N)=O. The second kappa shape index (κ2) is 7.76. The van der Waals surface area contributed by atoms with Crippen molar-refractivity contribution in [3.05, 3.63) is 35.4 Å². The second-order valence-electron chi connectivity index (χ2n) is 6.37. The number of esters is 1. The fraction of sp³-hybridized carbons (Fsp3) is 0.471. The highest BCUT2D eigenvalue weighted by molar-refractivity contribution is 5.94. The van der Waals surface area contributed by atoms with Gasteiger partial charge in [-0.05, 0) is 30.0 Å². The lowest BCUT2D eigenvalue weighted by atomic mass is 9.87. The van der Waals surface area contributed by atoms with E-state index < -0.39 is 18.0 Å². The Hall–Kier alpha value is -2.37. The molecule has 126 valence electrons. The lowest BCUT2D eigenvalue weighted by Crippen LogP contribution is -2.32. The van der Waals surface area contributed by atoms with Gasteiger partial charge in [-0.2, -0.15) is 0 Å². The first kappa shape index (κ1) is 18.7. The maximum Gasteiger partial charge on any atom is 0.308 e. The zero-order chi connectivity index (χ0) is 17.6. The Kier molecular flexibility index (Phi) is 6.30. The van der Waals surface area contributed by atoms with Crippen LogP contribution in [0.25, 0.3) is 0 Å². The monoisotopic (exact) mass is 320 g/mol. The fourth-order valence-electron chi connectivity index (χ4n) is 1.82. The Morgan fingerprint density at radius 1 is 1.17 bits per heavy atom. The molecule has 1 aromatic rings. The van der Waals surface area contributed by atoms with Crippen molar-refractivity contribution in [1.82, 2.24) is 5.32 Å². The largest absolute Gasteiger partial charge is 0.453 e. The third-order valence-corrected chi connectivity index (χ3v) is 3.34. The zero-order valence-electron chi connectivity index (χ0n) is 14.0. The van der Waals surface area contributed by atoms with E-state index in [4.69, 9.17) is 10.5 Å². The van der Waals surface area contributed by atoms with Gasteiger partial charge in [0.05, 0.1) is 6.42 Å². The summed E-state index contributed by atoms with van der Waals surface area (Å²) < 4.78 is 4.79. The average Bonchev–Trinajstić information content (AvgIpc) is 2.46. The summed E-state index contributed by atoms with van der Waals surface area (Å²) in [6.07, 6.45) is -0.994. The summed E-state index contributed by atoms with van der Waals surface area (Å²) in [6.45, 7) is 7.82. The van der Waals surface area contributed by atoms with Gasteiger partial charge >= 0.3 is 5.97 Å². The van der Waals surface area contributed by atoms with E-state index in [1.807, 2.05) is 12.1 Å². The Bertz CT molecular complexity index is 573. The molecule has 0 aromatic heterocycles. The smallest absolute Gasteiger partial charge is 0.308 e. The molecule has 0 aliphatic heterocycles. The Morgan fingerprint density at radius 2 is 1.74 bits per heavy atom. The van der Waals surface area contributed by atoms with Gasteiger partial charge in [-0.25, -0.2) is 0 Å². The Labute approximate surface area is 136 Å². The molecule has 0 aliphatic carbocycles. The van der Waals surface area contributed by atoms with Gasteiger partial charge in [-0.15, -0.1) is 0 Å². The summed E-state index contributed by atoms with van der Waals surface area (Å²) in [6, 6.07) is 7.34. The van der Waals surface area contributed by atoms with E-state index in [0.29, 0.717) is 5.56 Å². The van der Waals surface area contributed by atoms with Crippen LogP contribution in [0.4, 0.5) is 0 Å². The number of hydrogen-bond donors (Lipinski definition) is 2. The number of amides is 2. The highest BCUT2D eigenvalue weighted by Crippen LogP contribution is 2.22. The van der Waals surface area contributed by atoms with Crippen LogP contribution in [0.5, 0.6) is 0 Å². The summed E-state index contributed by atoms with van der Waals surface area (Å²) >= 11 is 0. The molecular weight excluding hydrogens is 296 g/mol. The molecule has 3 N–H and O–H groups in total. The highest BCUT2D eigenvalue weighted by Gasteiger charge is 2.16. The number of benzene rings is 1. The molecule has 1 unspecified atom stereocenters. The molecule has 6 heteroatoms. The molecule has 0 bridgehead atoms. The molecule has 0 spiro atoms. The van der Waals surface area contributed by atoms with Crippen molar-refractivity contribution in [3.63, 3.8) is 0 Å². The topological polar surface area (TPSA) is 98.5 Å². The van der Waals surface area contributed by atoms with Crippen LogP contribution in [0.1, 0.15) is 50.0 Å². The minimum absolute atomic E-state index is 0.0237. The van der Waals surface area contributed by atoms with Crippen molar-refractivity contribution in [1.29, 1.82) is 0 Å². The third-order valence-electron chi connectivity index (χ3n) is 3.34. The minimum atomic E-state index is -0.969. The van der Waals surface area contributed by atoms with Crippen LogP contribution in [0, 0.1) is 0 Å². The van der Waals surface area contributed by atoms with Gasteiger partial charge in [0.25, 0.3) is 11.8 Å². The van der Waals surface area contributed by atoms with Crippen molar-refractivity contribution < 1.29 is 19.1 Å². The van der Waals surface area contributed by atoms with Gasteiger partial charge in [-0.1, -0.05) is 32.9 Å². The van der Waals surface area contributed by atoms with E-state index in [-0.39, 0.29) is 24.3 Å². The van der Waals surface area contributed by atoms with Crippen molar-refractivity contribution >= 4 is 17.8 Å². The predicted molar refractivity (Wildman–Crippen MR) is 86.8 cm³/mol. The maximum atomic E-state index is 12.0. The quantitative estimate of drug-likeness (QED) is 0.776. The van der Waals surface area contributed by atoms with E-state index in [0.717, 1.165) is 5.56 Å². The number of carbonyl (C=O) groups excluding carboxylic acids is 3. The summed E-state index contributed by atoms with van der Waals surface area (Å²) in [5.41, 5.74) is 6.68. The molecule has 0 saturated heterocycles. The van der Waals surface area contributed by atoms with Gasteiger partial charge in [0.2, 0.25) is 0 Å². The molecule has 0 fully saturated rings. The number of ether oxygens (including phenoxy) is 1. The molecule has 0 aliphatic rings. The fourth-order valence-corrected chi connectivity index (χ4v) is 1.82. The highest BCUT2D eigenvalue weighted by atomic mass is 16.5. The van der Waals surface area contributed by atoms with Gasteiger partial charge in [-0.3, -0.25) is 14.4 Å². The molecule has 0 heterocycles. The van der Waals surface area contributed by atoms with Crippen molar-refractivity contribution in [2.45, 2.75) is 45.6 Å². The van der Waals surface area contributed by atoms with Crippen LogP contribution >= 0.6 is 0 Å². The van der Waals surface area contributed by atoms with E-state index in [2.05, 4.69) is 26.1 Å². The normalized spacial score (nSPS) is 12.3. The van der Waals surface area contributed by atoms with Gasteiger partial charge in [0.15, 0.2) is 6.10 Å². The lowest BCUT2D eigenvalue weighted by molar-refractivity contribution is -0.153. The number of primary amides is 1. The molecule has 1 aromatic carbocycles. The van der Waals surface area contributed by atoms with Crippen LogP contribution < -0.4 is 11.1 Å². The first-order chi connectivity index (χ1) is 10.6. The van der Waals surface area contributed by atoms with Crippen LogP contribution in [-0.4, -0.2) is 30.4 Å². The van der Waals surface area contributed by atoms with Gasteiger partial charge in [0.1, 0.15) is 0 Å². The summed E-state index contributed by atoms with van der Waals surface area (Å²) in [4.78, 5) is 34.2. The predicted octanol–water partition coefficient (Wildman–Crippen LogP) is 1.52. The number of rotatable bonds is 6. The van der Waals surface area contributed by atoms with E-state index in [1.165, 1.54) is 6.92 Å². The van der Waals surface area contributed by atoms with Crippen molar-refractivity contribution in [2.75, 3.05) is 6.54 Å². The van der Waals surface area contributed by atoms with Crippen molar-refractivity contribution in [2.24, 2.45) is 5.73 Å². The second-order valence-corrected chi connectivity index (χ2v) is 6.37. The number of carbonyl (C=O) groups is 3. The molecule has 6 nitrogen and oxygen atoms in total. The number of hydrogen-bond acceptors (Lipinski definition) is 4. The maximum absolute atomic E-state index is 12.0. The Balaban J connectivity index is 2.45. The summed E-state index contributed by atoms with van der Waals surface area (Å²) in [5, 5.41) is 2.63. The molecule has 1 rings (SSSR count). The van der Waals surface area contributed by atoms with Gasteiger partial charge in [0, 0.05) is 12.1 Å². The zero-order valence-corrected chi connectivity index (χ0v) is 14.0. The molecule has 2 amide bonds. The van der Waals surface area contributed by atoms with Gasteiger partial charge < -0.3 is 15.8 Å². The standard InChI is InChI=1S/C17H24N2O4/c1-11(15(18)21)23-14(20)9-10-19-16(22)12-5-7-13(8-6-12)17(2,3)4/h5-8,11H,9-10H2,1-4H3,(H2,18,21)(H,19,22). The van der Waals surface area contributed by atoms with E-state index in [9.17, 15) is 14.4 Å². The molecule has 1 atom stereocenters. The van der Waals surface area contributed by atoms with E-state index in [1.54, 1.807) is 12.1 Å². The molecule has 23 heavy (non-hydrogen) atoms. The first-order valence-corrected chi connectivity index (χ1v) is 7.49. The lowest BCUT2D eigenvalue weighted by Gasteiger charge is -2.19. The molecule has 0 saturated carbocycles. The summed E-state index contributed by atoms with van der Waals surface area (Å²) in [5.74, 6) is -1.55. The van der Waals surface area contributed by atoms with Crippen LogP contribution in [-0.2, 0) is 19.7 Å². The number of nitrogens with two attached hydrogens (primary N) is 1. The number of nitrogens with one attached hydrogen (secondary N) is 1.